The summed E-state index contributed by atoms with van der Waals surface area (Å²) in [5, 5.41) is 31.8. The van der Waals surface area contributed by atoms with Gasteiger partial charge >= 0.3 is 11.9 Å². The van der Waals surface area contributed by atoms with E-state index in [0.29, 0.717) is 23.4 Å². The number of esters is 1. The zero-order valence-electron chi connectivity index (χ0n) is 38.0. The molecule has 4 rings (SSSR count). The molecule has 5 atom stereocenters. The van der Waals surface area contributed by atoms with E-state index in [2.05, 4.69) is 36.8 Å². The number of hydrogen-bond acceptors (Lipinski definition) is 10. The Labute approximate surface area is 375 Å². The summed E-state index contributed by atoms with van der Waals surface area (Å²) < 4.78 is 5.63. The second-order valence-corrected chi connectivity index (χ2v) is 17.9. The molecular formula is C48H63N7O9. The van der Waals surface area contributed by atoms with E-state index < -0.39 is 71.7 Å². The number of nitrogens with one attached hydrogen (secondary N) is 5. The number of benzene rings is 3. The number of ether oxygens (including phenoxy) is 1. The van der Waals surface area contributed by atoms with Crippen LogP contribution in [0.3, 0.4) is 0 Å². The third kappa shape index (κ3) is 15.7. The Hall–Kier alpha value is -6.45. The number of rotatable bonds is 16. The molecule has 0 bridgehead atoms. The molecule has 1 aliphatic rings. The van der Waals surface area contributed by atoms with Gasteiger partial charge in [-0.2, -0.15) is 10.2 Å². The van der Waals surface area contributed by atoms with Gasteiger partial charge in [0.2, 0.25) is 29.5 Å². The predicted molar refractivity (Wildman–Crippen MR) is 241 cm³/mol. The van der Waals surface area contributed by atoms with Gasteiger partial charge in [0.25, 0.3) is 0 Å². The minimum Gasteiger partial charge on any atom is -0.478 e. The van der Waals surface area contributed by atoms with Crippen molar-refractivity contribution < 1.29 is 43.4 Å². The lowest BCUT2D eigenvalue weighted by atomic mass is 9.98. The second-order valence-electron chi connectivity index (χ2n) is 17.9. The maximum absolute atomic E-state index is 14.2. The van der Waals surface area contributed by atoms with Crippen LogP contribution in [0.5, 0.6) is 5.75 Å². The molecule has 16 nitrogen and oxygen atoms in total. The molecule has 344 valence electrons. The third-order valence-corrected chi connectivity index (χ3v) is 10.5. The van der Waals surface area contributed by atoms with Crippen molar-refractivity contribution in [1.82, 2.24) is 26.6 Å². The van der Waals surface area contributed by atoms with E-state index in [9.17, 15) is 33.6 Å². The molecule has 1 fully saturated rings. The summed E-state index contributed by atoms with van der Waals surface area (Å²) in [5.74, 6) is -4.59. The molecule has 1 aliphatic heterocycles. The number of amides is 5. The van der Waals surface area contributed by atoms with Crippen LogP contribution in [0.4, 0.5) is 11.4 Å². The van der Waals surface area contributed by atoms with Crippen LogP contribution in [0.25, 0.3) is 0 Å². The van der Waals surface area contributed by atoms with Crippen LogP contribution >= 0.6 is 0 Å². The maximum atomic E-state index is 14.2. The fourth-order valence-electron chi connectivity index (χ4n) is 7.14. The topological polar surface area (TPSA) is 234 Å². The van der Waals surface area contributed by atoms with Gasteiger partial charge in [0.15, 0.2) is 0 Å². The summed E-state index contributed by atoms with van der Waals surface area (Å²) in [6.45, 7) is 15.0. The van der Waals surface area contributed by atoms with E-state index in [0.717, 1.165) is 5.56 Å². The second kappa shape index (κ2) is 23.8. The van der Waals surface area contributed by atoms with Crippen molar-refractivity contribution in [3.05, 3.63) is 89.5 Å². The highest BCUT2D eigenvalue weighted by atomic mass is 16.5. The molecule has 16 heteroatoms. The van der Waals surface area contributed by atoms with Gasteiger partial charge in [-0.1, -0.05) is 85.7 Å². The Morgan fingerprint density at radius 1 is 0.594 bits per heavy atom. The normalized spacial score (nSPS) is 20.3. The van der Waals surface area contributed by atoms with Crippen molar-refractivity contribution in [2.75, 3.05) is 0 Å². The Morgan fingerprint density at radius 3 is 1.59 bits per heavy atom. The number of aryl methyl sites for hydroxylation is 1. The van der Waals surface area contributed by atoms with Crippen LogP contribution in [-0.2, 0) is 41.6 Å². The van der Waals surface area contributed by atoms with Gasteiger partial charge in [-0.3, -0.25) is 28.8 Å². The van der Waals surface area contributed by atoms with Crippen molar-refractivity contribution >= 4 is 52.8 Å². The minimum absolute atomic E-state index is 0.00535. The summed E-state index contributed by atoms with van der Waals surface area (Å²) in [6.07, 6.45) is 1.10. The fourth-order valence-corrected chi connectivity index (χ4v) is 7.14. The average Bonchev–Trinajstić information content (AvgIpc) is 3.23. The molecule has 0 aromatic heterocycles. The molecule has 0 spiro atoms. The number of nitrogens with zero attached hydrogens (tertiary/aromatic N) is 2. The van der Waals surface area contributed by atoms with Crippen LogP contribution in [-0.4, -0.2) is 76.8 Å². The lowest BCUT2D eigenvalue weighted by Gasteiger charge is -2.28. The van der Waals surface area contributed by atoms with Gasteiger partial charge < -0.3 is 36.4 Å². The van der Waals surface area contributed by atoms with Crippen LogP contribution in [0.2, 0.25) is 0 Å². The molecule has 64 heavy (non-hydrogen) atoms. The first-order chi connectivity index (χ1) is 30.3. The van der Waals surface area contributed by atoms with Crippen LogP contribution in [0.15, 0.2) is 83.0 Å². The first kappa shape index (κ1) is 50.2. The molecule has 1 saturated heterocycles. The van der Waals surface area contributed by atoms with Crippen LogP contribution in [0, 0.1) is 23.7 Å². The number of carbonyl (C=O) groups is 7. The summed E-state index contributed by atoms with van der Waals surface area (Å²) in [6, 6.07) is 14.4. The number of carbonyl (C=O) groups excluding carboxylic acids is 6. The van der Waals surface area contributed by atoms with E-state index in [4.69, 9.17) is 9.84 Å². The predicted octanol–water partition coefficient (Wildman–Crippen LogP) is 6.11. The molecule has 3 aromatic rings. The lowest BCUT2D eigenvalue weighted by Crippen LogP contribution is -2.59. The zero-order chi connectivity index (χ0) is 47.1. The zero-order valence-corrected chi connectivity index (χ0v) is 38.0. The quantitative estimate of drug-likeness (QED) is 0.0552. The summed E-state index contributed by atoms with van der Waals surface area (Å²) >= 11 is 0. The lowest BCUT2D eigenvalue weighted by molar-refractivity contribution is -0.135. The fraction of sp³-hybridized carbons (Fsp3) is 0.479. The molecule has 6 N–H and O–H groups in total. The van der Waals surface area contributed by atoms with Crippen LogP contribution < -0.4 is 31.3 Å². The molecule has 5 amide bonds. The van der Waals surface area contributed by atoms with Crippen molar-refractivity contribution in [3.63, 3.8) is 0 Å². The standard InChI is InChI=1S/C48H63N7O9/c1-27(2)23-37-43(57)50-39(25-29(5)6)46(60)53-42(30(7)8)47(61)52-38(24-28(3)4)44(58)51-40(45(59)49-37)26-31-13-20-35(21-14-31)64-41(56)22-17-32-11-9-10-12-36(32)55-54-34-18-15-33(16-19-34)48(62)63/h9-16,18-21,27-30,37-40,42H,17,22-26H2,1-8H3,(H,49,59)(H,50,57)(H,51,58)(H,52,61)(H,53,60)(H,62,63)/b55-54+/t37-,38-,39-,40?,42-/m0/s1. The summed E-state index contributed by atoms with van der Waals surface area (Å²) in [4.78, 5) is 93.8. The van der Waals surface area contributed by atoms with Gasteiger partial charge in [0, 0.05) is 6.42 Å². The van der Waals surface area contributed by atoms with Gasteiger partial charge in [-0.15, -0.1) is 0 Å². The smallest absolute Gasteiger partial charge is 0.335 e. The highest BCUT2D eigenvalue weighted by molar-refractivity contribution is 5.98. The van der Waals surface area contributed by atoms with E-state index in [1.54, 1.807) is 62.4 Å². The Morgan fingerprint density at radius 2 is 1.08 bits per heavy atom. The van der Waals surface area contributed by atoms with Gasteiger partial charge in [-0.25, -0.2) is 4.79 Å². The minimum atomic E-state index is -1.19. The van der Waals surface area contributed by atoms with E-state index in [1.807, 2.05) is 53.7 Å². The number of azo groups is 1. The molecule has 0 aliphatic carbocycles. The Kier molecular flexibility index (Phi) is 18.7. The number of hydrogen-bond donors (Lipinski definition) is 6. The average molecular weight is 882 g/mol. The van der Waals surface area contributed by atoms with Gasteiger partial charge in [0.05, 0.1) is 23.4 Å². The van der Waals surface area contributed by atoms with E-state index >= 15 is 0 Å². The molecule has 3 aromatic carbocycles. The molecule has 0 saturated carbocycles. The first-order valence-corrected chi connectivity index (χ1v) is 21.9. The Bertz CT molecular complexity index is 2140. The monoisotopic (exact) mass is 881 g/mol. The number of aromatic carboxylic acids is 1. The van der Waals surface area contributed by atoms with Crippen molar-refractivity contribution in [1.29, 1.82) is 0 Å². The first-order valence-electron chi connectivity index (χ1n) is 21.9. The summed E-state index contributed by atoms with van der Waals surface area (Å²) in [5.41, 5.74) is 2.51. The molecular weight excluding hydrogens is 819 g/mol. The Balaban J connectivity index is 1.53. The number of carboxylic acid groups (broad SMARTS) is 1. The van der Waals surface area contributed by atoms with Gasteiger partial charge in [-0.05, 0) is 103 Å². The van der Waals surface area contributed by atoms with Crippen molar-refractivity contribution in [2.24, 2.45) is 33.9 Å². The summed E-state index contributed by atoms with van der Waals surface area (Å²) in [7, 11) is 0. The number of carboxylic acids is 1. The molecule has 1 unspecified atom stereocenters. The van der Waals surface area contributed by atoms with Crippen molar-refractivity contribution in [2.45, 2.75) is 124 Å². The third-order valence-electron chi connectivity index (χ3n) is 10.5. The van der Waals surface area contributed by atoms with E-state index in [1.165, 1.54) is 12.1 Å². The molecule has 0 radical (unpaired) electrons. The van der Waals surface area contributed by atoms with Crippen molar-refractivity contribution in [3.8, 4) is 5.75 Å². The highest BCUT2D eigenvalue weighted by Gasteiger charge is 2.36. The maximum Gasteiger partial charge on any atom is 0.335 e. The van der Waals surface area contributed by atoms with Crippen LogP contribution in [0.1, 0.15) is 103 Å². The molecule has 1 heterocycles. The largest absolute Gasteiger partial charge is 0.478 e. The SMILES string of the molecule is CC(C)C[C@@H]1NC(=O)C(Cc2ccc(OC(=O)CCc3ccccc3/N=N/c3ccc(C(=O)O)cc3)cc2)NC(=O)[C@H](CC(C)C)NC(=O)[C@H](C(C)C)NC(=O)[C@H](CC(C)C)NC1=O. The van der Waals surface area contributed by atoms with Gasteiger partial charge in [0.1, 0.15) is 36.0 Å². The highest BCUT2D eigenvalue weighted by Crippen LogP contribution is 2.25. The van der Waals surface area contributed by atoms with E-state index in [-0.39, 0.29) is 67.1 Å².